The predicted molar refractivity (Wildman–Crippen MR) is 57.5 cm³/mol. The van der Waals surface area contributed by atoms with Crippen molar-refractivity contribution in [1.29, 1.82) is 0 Å². The van der Waals surface area contributed by atoms with E-state index in [2.05, 4.69) is 10.4 Å². The zero-order valence-electron chi connectivity index (χ0n) is 9.03. The highest BCUT2D eigenvalue weighted by atomic mass is 16.2. The number of nitrogens with two attached hydrogens (primary N) is 1. The van der Waals surface area contributed by atoms with Gasteiger partial charge in [0.15, 0.2) is 5.69 Å². The SMILES string of the molecule is CC(C)n1cc(N)c(C(=O)NC2CC2)n1. The lowest BCUT2D eigenvalue weighted by Crippen LogP contribution is -2.26. The number of anilines is 1. The van der Waals surface area contributed by atoms with E-state index >= 15 is 0 Å². The third-order valence-electron chi connectivity index (χ3n) is 2.42. The summed E-state index contributed by atoms with van der Waals surface area (Å²) < 4.78 is 1.71. The van der Waals surface area contributed by atoms with Gasteiger partial charge in [0.25, 0.3) is 5.91 Å². The van der Waals surface area contributed by atoms with Crippen LogP contribution in [0.5, 0.6) is 0 Å². The van der Waals surface area contributed by atoms with Gasteiger partial charge in [0.05, 0.1) is 5.69 Å². The van der Waals surface area contributed by atoms with E-state index in [0.29, 0.717) is 17.4 Å². The van der Waals surface area contributed by atoms with Crippen LogP contribution in [0, 0.1) is 0 Å². The maximum Gasteiger partial charge on any atom is 0.274 e. The Morgan fingerprint density at radius 1 is 1.67 bits per heavy atom. The molecule has 0 saturated heterocycles. The van der Waals surface area contributed by atoms with Crippen LogP contribution in [-0.4, -0.2) is 21.7 Å². The topological polar surface area (TPSA) is 72.9 Å². The van der Waals surface area contributed by atoms with Crippen LogP contribution in [0.2, 0.25) is 0 Å². The summed E-state index contributed by atoms with van der Waals surface area (Å²) in [7, 11) is 0. The van der Waals surface area contributed by atoms with Crippen molar-refractivity contribution in [1.82, 2.24) is 15.1 Å². The van der Waals surface area contributed by atoms with Crippen molar-refractivity contribution in [2.45, 2.75) is 38.8 Å². The van der Waals surface area contributed by atoms with Crippen molar-refractivity contribution in [2.75, 3.05) is 5.73 Å². The molecule has 0 aromatic carbocycles. The Kier molecular flexibility index (Phi) is 2.38. The molecule has 5 nitrogen and oxygen atoms in total. The lowest BCUT2D eigenvalue weighted by Gasteiger charge is -2.03. The highest BCUT2D eigenvalue weighted by Gasteiger charge is 2.26. The molecule has 1 aromatic heterocycles. The number of nitrogens with zero attached hydrogens (tertiary/aromatic N) is 2. The third-order valence-corrected chi connectivity index (χ3v) is 2.42. The fourth-order valence-corrected chi connectivity index (χ4v) is 1.33. The van der Waals surface area contributed by atoms with E-state index in [-0.39, 0.29) is 11.9 Å². The fraction of sp³-hybridized carbons (Fsp3) is 0.600. The van der Waals surface area contributed by atoms with Crippen molar-refractivity contribution >= 4 is 11.6 Å². The molecule has 0 unspecified atom stereocenters. The van der Waals surface area contributed by atoms with Gasteiger partial charge in [-0.1, -0.05) is 0 Å². The average molecular weight is 208 g/mol. The number of hydrogen-bond acceptors (Lipinski definition) is 3. The number of rotatable bonds is 3. The zero-order valence-corrected chi connectivity index (χ0v) is 9.03. The summed E-state index contributed by atoms with van der Waals surface area (Å²) in [6.45, 7) is 3.99. The first kappa shape index (κ1) is 10.0. The van der Waals surface area contributed by atoms with E-state index in [1.165, 1.54) is 0 Å². The summed E-state index contributed by atoms with van der Waals surface area (Å²) in [5.41, 5.74) is 6.52. The first-order valence-electron chi connectivity index (χ1n) is 5.23. The van der Waals surface area contributed by atoms with Crippen molar-refractivity contribution in [2.24, 2.45) is 0 Å². The maximum atomic E-state index is 11.7. The normalized spacial score (nSPS) is 15.7. The highest BCUT2D eigenvalue weighted by Crippen LogP contribution is 2.20. The zero-order chi connectivity index (χ0) is 11.0. The number of nitrogens with one attached hydrogen (secondary N) is 1. The molecule has 1 saturated carbocycles. The molecule has 0 aliphatic heterocycles. The Bertz CT molecular complexity index is 379. The van der Waals surface area contributed by atoms with Crippen LogP contribution in [0.3, 0.4) is 0 Å². The summed E-state index contributed by atoms with van der Waals surface area (Å²) in [4.78, 5) is 11.7. The number of carbonyl (C=O) groups is 1. The van der Waals surface area contributed by atoms with Crippen molar-refractivity contribution in [3.63, 3.8) is 0 Å². The van der Waals surface area contributed by atoms with Gasteiger partial charge in [-0.2, -0.15) is 5.10 Å². The molecule has 3 N–H and O–H groups in total. The Morgan fingerprint density at radius 3 is 2.80 bits per heavy atom. The fourth-order valence-electron chi connectivity index (χ4n) is 1.33. The molecule has 1 aliphatic carbocycles. The highest BCUT2D eigenvalue weighted by molar-refractivity contribution is 5.97. The first-order valence-corrected chi connectivity index (χ1v) is 5.23. The lowest BCUT2D eigenvalue weighted by atomic mass is 10.3. The van der Waals surface area contributed by atoms with Crippen LogP contribution < -0.4 is 11.1 Å². The second-order valence-electron chi connectivity index (χ2n) is 4.25. The Hall–Kier alpha value is -1.52. The molecule has 5 heteroatoms. The molecule has 15 heavy (non-hydrogen) atoms. The standard InChI is InChI=1S/C10H16N4O/c1-6(2)14-5-8(11)9(13-14)10(15)12-7-3-4-7/h5-7H,3-4,11H2,1-2H3,(H,12,15). The summed E-state index contributed by atoms with van der Waals surface area (Å²) in [5, 5.41) is 7.04. The molecular weight excluding hydrogens is 192 g/mol. The molecule has 1 amide bonds. The molecular formula is C10H16N4O. The Labute approximate surface area is 88.6 Å². The molecule has 2 rings (SSSR count). The minimum absolute atomic E-state index is 0.158. The molecule has 0 spiro atoms. The van der Waals surface area contributed by atoms with Gasteiger partial charge < -0.3 is 11.1 Å². The van der Waals surface area contributed by atoms with E-state index in [1.54, 1.807) is 10.9 Å². The first-order chi connectivity index (χ1) is 7.08. The van der Waals surface area contributed by atoms with E-state index in [0.717, 1.165) is 12.8 Å². The second-order valence-corrected chi connectivity index (χ2v) is 4.25. The Balaban J connectivity index is 2.15. The predicted octanol–water partition coefficient (Wildman–Crippen LogP) is 0.938. The Morgan fingerprint density at radius 2 is 2.33 bits per heavy atom. The van der Waals surface area contributed by atoms with Gasteiger partial charge in [-0.15, -0.1) is 0 Å². The molecule has 1 aliphatic rings. The monoisotopic (exact) mass is 208 g/mol. The number of nitrogen functional groups attached to an aromatic ring is 1. The smallest absolute Gasteiger partial charge is 0.274 e. The number of amides is 1. The summed E-state index contributed by atoms with van der Waals surface area (Å²) >= 11 is 0. The van der Waals surface area contributed by atoms with Gasteiger partial charge in [0.1, 0.15) is 0 Å². The van der Waals surface area contributed by atoms with Gasteiger partial charge in [-0.3, -0.25) is 9.48 Å². The number of aromatic nitrogens is 2. The maximum absolute atomic E-state index is 11.7. The van der Waals surface area contributed by atoms with Crippen LogP contribution in [0.4, 0.5) is 5.69 Å². The van der Waals surface area contributed by atoms with Crippen LogP contribution in [0.1, 0.15) is 43.2 Å². The van der Waals surface area contributed by atoms with Gasteiger partial charge in [-0.25, -0.2) is 0 Å². The second kappa shape index (κ2) is 3.56. The summed E-state index contributed by atoms with van der Waals surface area (Å²) in [5.74, 6) is -0.158. The molecule has 82 valence electrons. The molecule has 1 heterocycles. The average Bonchev–Trinajstić information content (AvgIpc) is 2.86. The van der Waals surface area contributed by atoms with Crippen LogP contribution in [0.25, 0.3) is 0 Å². The summed E-state index contributed by atoms with van der Waals surface area (Å²) in [6.07, 6.45) is 3.83. The molecule has 0 radical (unpaired) electrons. The molecule has 1 aromatic rings. The molecule has 0 atom stereocenters. The van der Waals surface area contributed by atoms with Crippen molar-refractivity contribution < 1.29 is 4.79 Å². The van der Waals surface area contributed by atoms with Gasteiger partial charge >= 0.3 is 0 Å². The largest absolute Gasteiger partial charge is 0.396 e. The van der Waals surface area contributed by atoms with E-state index in [9.17, 15) is 4.79 Å². The van der Waals surface area contributed by atoms with Crippen molar-refractivity contribution in [3.8, 4) is 0 Å². The number of hydrogen-bond donors (Lipinski definition) is 2. The summed E-state index contributed by atoms with van der Waals surface area (Å²) in [6, 6.07) is 0.552. The van der Waals surface area contributed by atoms with Crippen LogP contribution in [0.15, 0.2) is 6.20 Å². The van der Waals surface area contributed by atoms with E-state index in [1.807, 2.05) is 13.8 Å². The van der Waals surface area contributed by atoms with E-state index < -0.39 is 0 Å². The van der Waals surface area contributed by atoms with Gasteiger partial charge in [0, 0.05) is 18.3 Å². The quantitative estimate of drug-likeness (QED) is 0.776. The molecule has 1 fully saturated rings. The van der Waals surface area contributed by atoms with E-state index in [4.69, 9.17) is 5.73 Å². The third kappa shape index (κ3) is 2.11. The minimum Gasteiger partial charge on any atom is -0.396 e. The van der Waals surface area contributed by atoms with Crippen molar-refractivity contribution in [3.05, 3.63) is 11.9 Å². The van der Waals surface area contributed by atoms with Gasteiger partial charge in [-0.05, 0) is 26.7 Å². The van der Waals surface area contributed by atoms with Crippen LogP contribution in [-0.2, 0) is 0 Å². The van der Waals surface area contributed by atoms with Crippen LogP contribution >= 0.6 is 0 Å². The number of carbonyl (C=O) groups excluding carboxylic acids is 1. The van der Waals surface area contributed by atoms with Gasteiger partial charge in [0.2, 0.25) is 0 Å². The lowest BCUT2D eigenvalue weighted by molar-refractivity contribution is 0.0946. The molecule has 0 bridgehead atoms. The minimum atomic E-state index is -0.158.